The zero-order chi connectivity index (χ0) is 30.7. The number of benzene rings is 2. The number of aliphatic hydroxyl groups is 2. The van der Waals surface area contributed by atoms with Crippen molar-refractivity contribution in [2.24, 2.45) is 29.4 Å². The van der Waals surface area contributed by atoms with E-state index in [4.69, 9.17) is 10.5 Å². The number of aromatic hydroxyl groups is 1. The first kappa shape index (κ1) is 29.7. The van der Waals surface area contributed by atoms with Crippen molar-refractivity contribution in [2.45, 2.75) is 37.0 Å². The highest BCUT2D eigenvalue weighted by Gasteiger charge is 2.69. The van der Waals surface area contributed by atoms with Crippen molar-refractivity contribution in [1.82, 2.24) is 4.90 Å². The minimum absolute atomic E-state index is 0.00716. The number of ketones is 4. The third-order valence-electron chi connectivity index (χ3n) is 9.15. The lowest BCUT2D eigenvalue weighted by molar-refractivity contribution is -0.190. The number of carbonyl (C=O) groups excluding carboxylic acids is 5. The van der Waals surface area contributed by atoms with Crippen molar-refractivity contribution < 1.29 is 44.0 Å². The summed E-state index contributed by atoms with van der Waals surface area (Å²) in [5.41, 5.74) is 5.37. The molecule has 3 aliphatic rings. The Hall–Kier alpha value is -3.77. The molecule has 0 spiro atoms. The number of amides is 1. The number of nitrogens with two attached hydrogens (primary N) is 1. The van der Waals surface area contributed by atoms with Gasteiger partial charge in [-0.25, -0.2) is 0 Å². The minimum Gasteiger partial charge on any atom is -0.507 e. The lowest BCUT2D eigenvalue weighted by Gasteiger charge is -2.54. The Morgan fingerprint density at radius 1 is 1.07 bits per heavy atom. The summed E-state index contributed by atoms with van der Waals surface area (Å²) >= 11 is 0. The molecule has 1 amide bonds. The number of hydrogen-bond donors (Lipinski definition) is 4. The standard InChI is InChI=1S/C31H34N2O9/c1-33(2)25-20-12-16-11-19-18(15-6-4-14(5-7-15)10-17(34)13-42-3)8-9-21(35)23(19)26(36)22(16)28(38)31(20,41)29(39)24(27(25)37)30(32)40/h4-9,16,20,22,24-25,27,35,37,41H,10-13H2,1-3H3,(H2,32,40)/t16-,20-,22?,24?,25-,27?,31-/m1/s1. The number of likely N-dealkylation sites (N-methyl/N-ethyl adjacent to an activating group) is 1. The number of phenolic OH excluding ortho intramolecular Hbond substituents is 1. The van der Waals surface area contributed by atoms with Gasteiger partial charge in [0.25, 0.3) is 0 Å². The van der Waals surface area contributed by atoms with Crippen molar-refractivity contribution >= 4 is 29.0 Å². The van der Waals surface area contributed by atoms with Gasteiger partial charge < -0.3 is 30.7 Å². The van der Waals surface area contributed by atoms with Gasteiger partial charge in [0.05, 0.1) is 17.6 Å². The fourth-order valence-corrected chi connectivity index (χ4v) is 7.33. The number of hydrogen-bond acceptors (Lipinski definition) is 10. The minimum atomic E-state index is -2.70. The molecule has 11 heteroatoms. The van der Waals surface area contributed by atoms with Gasteiger partial charge in [0.1, 0.15) is 18.3 Å². The second-order valence-corrected chi connectivity index (χ2v) is 11.8. The Morgan fingerprint density at radius 3 is 2.33 bits per heavy atom. The van der Waals surface area contributed by atoms with E-state index in [0.717, 1.165) is 11.1 Å². The van der Waals surface area contributed by atoms with E-state index in [1.54, 1.807) is 37.2 Å². The van der Waals surface area contributed by atoms with E-state index in [0.29, 0.717) is 11.1 Å². The van der Waals surface area contributed by atoms with E-state index in [9.17, 15) is 39.3 Å². The van der Waals surface area contributed by atoms with Crippen LogP contribution in [0.4, 0.5) is 0 Å². The van der Waals surface area contributed by atoms with Crippen LogP contribution in [0.15, 0.2) is 36.4 Å². The van der Waals surface area contributed by atoms with Gasteiger partial charge in [0.15, 0.2) is 28.7 Å². The Bertz CT molecular complexity index is 1480. The predicted molar refractivity (Wildman–Crippen MR) is 148 cm³/mol. The first-order valence-corrected chi connectivity index (χ1v) is 13.8. The van der Waals surface area contributed by atoms with Crippen LogP contribution in [0.1, 0.15) is 27.9 Å². The quantitative estimate of drug-likeness (QED) is 0.328. The molecule has 222 valence electrons. The lowest BCUT2D eigenvalue weighted by Crippen LogP contribution is -2.75. The second-order valence-electron chi connectivity index (χ2n) is 11.8. The first-order valence-electron chi connectivity index (χ1n) is 13.8. The van der Waals surface area contributed by atoms with E-state index >= 15 is 0 Å². The smallest absolute Gasteiger partial charge is 0.230 e. The van der Waals surface area contributed by atoms with E-state index < -0.39 is 64.7 Å². The van der Waals surface area contributed by atoms with Crippen molar-refractivity contribution in [1.29, 1.82) is 0 Å². The Labute approximate surface area is 242 Å². The summed E-state index contributed by atoms with van der Waals surface area (Å²) < 4.78 is 4.89. The largest absolute Gasteiger partial charge is 0.507 e. The molecule has 5 N–H and O–H groups in total. The zero-order valence-corrected chi connectivity index (χ0v) is 23.6. The zero-order valence-electron chi connectivity index (χ0n) is 23.6. The van der Waals surface area contributed by atoms with E-state index in [-0.39, 0.29) is 43.0 Å². The average Bonchev–Trinajstić information content (AvgIpc) is 2.91. The van der Waals surface area contributed by atoms with Crippen LogP contribution < -0.4 is 5.73 Å². The fourth-order valence-electron chi connectivity index (χ4n) is 7.33. The van der Waals surface area contributed by atoms with Gasteiger partial charge in [-0.2, -0.15) is 0 Å². The molecule has 0 aliphatic heterocycles. The van der Waals surface area contributed by atoms with Gasteiger partial charge in [0, 0.05) is 25.5 Å². The summed E-state index contributed by atoms with van der Waals surface area (Å²) in [6, 6.07) is 9.29. The maximum atomic E-state index is 14.0. The molecule has 5 rings (SSSR count). The molecule has 0 radical (unpaired) electrons. The third-order valence-corrected chi connectivity index (χ3v) is 9.15. The number of methoxy groups -OCH3 is 1. The third kappa shape index (κ3) is 4.48. The van der Waals surface area contributed by atoms with Crippen LogP contribution in [-0.4, -0.2) is 94.8 Å². The summed E-state index contributed by atoms with van der Waals surface area (Å²) in [5, 5.41) is 33.5. The van der Waals surface area contributed by atoms with Crippen LogP contribution in [0.5, 0.6) is 5.75 Å². The van der Waals surface area contributed by atoms with Gasteiger partial charge in [-0.15, -0.1) is 0 Å². The number of aliphatic hydroxyl groups excluding tert-OH is 1. The SMILES string of the molecule is COCC(=O)Cc1ccc(-c2ccc(O)c3c2C[C@@H]2C[C@@H]4[C@@H](N(C)C)C(O)C(C(N)=O)C(=O)[C@]4(O)C(=O)C2C3=O)cc1. The number of nitrogens with zero attached hydrogens (tertiary/aromatic N) is 1. The summed E-state index contributed by atoms with van der Waals surface area (Å²) in [6.45, 7) is 0.00716. The second kappa shape index (κ2) is 10.8. The fraction of sp³-hybridized carbons (Fsp3) is 0.452. The molecule has 2 aromatic rings. The molecule has 0 saturated heterocycles. The molecule has 0 bridgehead atoms. The maximum absolute atomic E-state index is 14.0. The van der Waals surface area contributed by atoms with Gasteiger partial charge in [-0.05, 0) is 61.2 Å². The topological polar surface area (TPSA) is 185 Å². The summed E-state index contributed by atoms with van der Waals surface area (Å²) in [4.78, 5) is 67.0. The number of Topliss-reactive ketones (excluding diaryl/α,β-unsaturated/α-hetero) is 4. The molecule has 2 fully saturated rings. The Kier molecular flexibility index (Phi) is 7.65. The first-order chi connectivity index (χ1) is 19.8. The van der Waals surface area contributed by atoms with Crippen LogP contribution in [-0.2, 0) is 36.8 Å². The van der Waals surface area contributed by atoms with Crippen molar-refractivity contribution in [3.05, 3.63) is 53.1 Å². The van der Waals surface area contributed by atoms with Crippen molar-refractivity contribution in [3.8, 4) is 16.9 Å². The molecule has 11 nitrogen and oxygen atoms in total. The van der Waals surface area contributed by atoms with Crippen molar-refractivity contribution in [3.63, 3.8) is 0 Å². The van der Waals surface area contributed by atoms with Gasteiger partial charge >= 0.3 is 0 Å². The number of carbonyl (C=O) groups is 5. The van der Waals surface area contributed by atoms with Crippen LogP contribution in [0, 0.1) is 23.7 Å². The monoisotopic (exact) mass is 578 g/mol. The highest BCUT2D eigenvalue weighted by atomic mass is 16.5. The van der Waals surface area contributed by atoms with Crippen molar-refractivity contribution in [2.75, 3.05) is 27.8 Å². The molecule has 7 atom stereocenters. The predicted octanol–water partition coefficient (Wildman–Crippen LogP) is 0.0838. The maximum Gasteiger partial charge on any atom is 0.230 e. The van der Waals surface area contributed by atoms with Gasteiger partial charge in [-0.3, -0.25) is 24.0 Å². The van der Waals surface area contributed by atoms with Gasteiger partial charge in [-0.1, -0.05) is 30.3 Å². The number of rotatable bonds is 7. The molecule has 0 aromatic heterocycles. The van der Waals surface area contributed by atoms with Crippen LogP contribution in [0.3, 0.4) is 0 Å². The molecule has 42 heavy (non-hydrogen) atoms. The van der Waals surface area contributed by atoms with E-state index in [2.05, 4.69) is 0 Å². The van der Waals surface area contributed by atoms with Crippen LogP contribution in [0.25, 0.3) is 11.1 Å². The number of primary amides is 1. The number of fused-ring (bicyclic) bond motifs is 3. The highest BCUT2D eigenvalue weighted by Crippen LogP contribution is 2.52. The summed E-state index contributed by atoms with van der Waals surface area (Å²) in [7, 11) is 4.65. The normalized spacial score (nSPS) is 30.5. The Balaban J connectivity index is 1.56. The molecule has 3 unspecified atom stereocenters. The molecule has 2 saturated carbocycles. The van der Waals surface area contributed by atoms with E-state index in [1.807, 2.05) is 12.1 Å². The van der Waals surface area contributed by atoms with Crippen LogP contribution >= 0.6 is 0 Å². The van der Waals surface area contributed by atoms with Gasteiger partial charge in [0.2, 0.25) is 5.91 Å². The average molecular weight is 579 g/mol. The highest BCUT2D eigenvalue weighted by molar-refractivity contribution is 6.25. The summed E-state index contributed by atoms with van der Waals surface area (Å²) in [6.07, 6.45) is -1.14. The van der Waals surface area contributed by atoms with Crippen LogP contribution in [0.2, 0.25) is 0 Å². The number of phenols is 1. The Morgan fingerprint density at radius 2 is 1.74 bits per heavy atom. The van der Waals surface area contributed by atoms with E-state index in [1.165, 1.54) is 13.2 Å². The lowest BCUT2D eigenvalue weighted by atomic mass is 9.52. The number of ether oxygens (including phenoxy) is 1. The molecular weight excluding hydrogens is 544 g/mol. The molecule has 2 aromatic carbocycles. The summed E-state index contributed by atoms with van der Waals surface area (Å²) in [5.74, 6) is -9.50. The molecule has 3 aliphatic carbocycles. The molecule has 0 heterocycles. The molecular formula is C31H34N2O9.